The first-order chi connectivity index (χ1) is 13.3. The van der Waals surface area contributed by atoms with Gasteiger partial charge in [-0.3, -0.25) is 9.52 Å². The van der Waals surface area contributed by atoms with Gasteiger partial charge in [-0.25, -0.2) is 8.42 Å². The fourth-order valence-electron chi connectivity index (χ4n) is 3.25. The highest BCUT2D eigenvalue weighted by Crippen LogP contribution is 2.20. The number of anilines is 1. The van der Waals surface area contributed by atoms with Gasteiger partial charge in [0.15, 0.2) is 0 Å². The van der Waals surface area contributed by atoms with Crippen LogP contribution in [0.1, 0.15) is 23.2 Å². The van der Waals surface area contributed by atoms with E-state index in [9.17, 15) is 13.2 Å². The molecule has 1 fully saturated rings. The highest BCUT2D eigenvalue weighted by molar-refractivity contribution is 7.92. The number of carbonyl (C=O) groups is 1. The van der Waals surface area contributed by atoms with E-state index in [1.54, 1.807) is 36.4 Å². The Hall–Kier alpha value is -2.09. The van der Waals surface area contributed by atoms with Crippen molar-refractivity contribution in [1.82, 2.24) is 9.80 Å². The number of rotatable bonds is 5. The molecule has 1 aliphatic rings. The Bertz CT molecular complexity index is 928. The lowest BCUT2D eigenvalue weighted by atomic mass is 10.0. The van der Waals surface area contributed by atoms with Gasteiger partial charge in [-0.2, -0.15) is 0 Å². The average Bonchev–Trinajstić information content (AvgIpc) is 2.69. The number of hydrogen-bond donors (Lipinski definition) is 1. The van der Waals surface area contributed by atoms with E-state index in [4.69, 9.17) is 11.6 Å². The molecule has 1 unspecified atom stereocenters. The second-order valence-electron chi connectivity index (χ2n) is 7.15. The first-order valence-electron chi connectivity index (χ1n) is 9.10. The average molecular weight is 422 g/mol. The molecule has 1 aliphatic heterocycles. The van der Waals surface area contributed by atoms with Crippen molar-refractivity contribution >= 4 is 33.2 Å². The summed E-state index contributed by atoms with van der Waals surface area (Å²) in [5.74, 6) is -0.0684. The summed E-state index contributed by atoms with van der Waals surface area (Å²) in [5.41, 5.74) is 0.914. The third-order valence-electron chi connectivity index (χ3n) is 4.92. The predicted octanol–water partition coefficient (Wildman–Crippen LogP) is 3.31. The number of benzene rings is 2. The zero-order valence-corrected chi connectivity index (χ0v) is 17.5. The highest BCUT2D eigenvalue weighted by Gasteiger charge is 2.26. The number of nitrogens with one attached hydrogen (secondary N) is 1. The summed E-state index contributed by atoms with van der Waals surface area (Å²) in [6.07, 6.45) is 2.04. The Morgan fingerprint density at radius 1 is 1.11 bits per heavy atom. The second-order valence-corrected chi connectivity index (χ2v) is 9.27. The van der Waals surface area contributed by atoms with E-state index in [0.29, 0.717) is 28.9 Å². The quantitative estimate of drug-likeness (QED) is 0.804. The van der Waals surface area contributed by atoms with Crippen LogP contribution < -0.4 is 4.72 Å². The van der Waals surface area contributed by atoms with Crippen molar-refractivity contribution in [2.75, 3.05) is 31.9 Å². The van der Waals surface area contributed by atoms with Crippen LogP contribution in [0.3, 0.4) is 0 Å². The van der Waals surface area contributed by atoms with E-state index in [2.05, 4.69) is 9.62 Å². The lowest BCUT2D eigenvalue weighted by Gasteiger charge is -2.36. The highest BCUT2D eigenvalue weighted by atomic mass is 35.5. The first-order valence-corrected chi connectivity index (χ1v) is 11.0. The minimum atomic E-state index is -3.74. The Labute approximate surface area is 171 Å². The van der Waals surface area contributed by atoms with Crippen molar-refractivity contribution in [3.05, 3.63) is 59.1 Å². The van der Waals surface area contributed by atoms with E-state index in [1.807, 2.05) is 19.0 Å². The molecule has 2 aromatic carbocycles. The Morgan fingerprint density at radius 3 is 2.36 bits per heavy atom. The molecule has 1 N–H and O–H groups in total. The summed E-state index contributed by atoms with van der Waals surface area (Å²) in [6, 6.07) is 12.8. The largest absolute Gasteiger partial charge is 0.337 e. The summed E-state index contributed by atoms with van der Waals surface area (Å²) >= 11 is 5.82. The number of likely N-dealkylation sites (N-methyl/N-ethyl adjacent to an activating group) is 1. The van der Waals surface area contributed by atoms with E-state index in [0.717, 1.165) is 19.4 Å². The lowest BCUT2D eigenvalue weighted by molar-refractivity contribution is 0.0635. The fraction of sp³-hybridized carbons (Fsp3) is 0.350. The van der Waals surface area contributed by atoms with E-state index in [1.165, 1.54) is 12.1 Å². The zero-order chi connectivity index (χ0) is 20.3. The monoisotopic (exact) mass is 421 g/mol. The number of sulfonamides is 1. The maximum atomic E-state index is 12.8. The standard InChI is InChI=1S/C20H24ClN3O3S/c1-23(2)18-4-3-13-24(14-18)20(25)15-5-11-19(12-6-15)28(26,27)22-17-9-7-16(21)8-10-17/h5-12,18,22H,3-4,13-14H2,1-2H3. The Balaban J connectivity index is 1.71. The fourth-order valence-corrected chi connectivity index (χ4v) is 4.44. The molecule has 28 heavy (non-hydrogen) atoms. The minimum Gasteiger partial charge on any atom is -0.337 e. The number of nitrogens with zero attached hydrogens (tertiary/aromatic N) is 2. The molecule has 1 atom stereocenters. The van der Waals surface area contributed by atoms with Crippen molar-refractivity contribution in [2.24, 2.45) is 0 Å². The first kappa shape index (κ1) is 20.6. The van der Waals surface area contributed by atoms with Crippen LogP contribution in [-0.4, -0.2) is 57.4 Å². The van der Waals surface area contributed by atoms with E-state index in [-0.39, 0.29) is 10.8 Å². The van der Waals surface area contributed by atoms with E-state index >= 15 is 0 Å². The van der Waals surface area contributed by atoms with Gasteiger partial charge in [-0.1, -0.05) is 11.6 Å². The molecule has 0 aliphatic carbocycles. The third-order valence-corrected chi connectivity index (χ3v) is 6.57. The van der Waals surface area contributed by atoms with Crippen LogP contribution in [0.5, 0.6) is 0 Å². The van der Waals surface area contributed by atoms with Gasteiger partial charge in [0.1, 0.15) is 0 Å². The summed E-state index contributed by atoms with van der Waals surface area (Å²) in [4.78, 5) is 16.9. The van der Waals surface area contributed by atoms with Crippen LogP contribution >= 0.6 is 11.6 Å². The number of likely N-dealkylation sites (tertiary alicyclic amines) is 1. The molecule has 0 aromatic heterocycles. The molecule has 8 heteroatoms. The molecule has 1 heterocycles. The van der Waals surface area contributed by atoms with Crippen LogP contribution in [0, 0.1) is 0 Å². The van der Waals surface area contributed by atoms with E-state index < -0.39 is 10.0 Å². The SMILES string of the molecule is CN(C)C1CCCN(C(=O)c2ccc(S(=O)(=O)Nc3ccc(Cl)cc3)cc2)C1. The maximum absolute atomic E-state index is 12.8. The summed E-state index contributed by atoms with van der Waals surface area (Å²) in [5, 5.41) is 0.528. The molecule has 1 saturated heterocycles. The second kappa shape index (κ2) is 8.51. The molecule has 150 valence electrons. The van der Waals surface area contributed by atoms with Gasteiger partial charge >= 0.3 is 0 Å². The predicted molar refractivity (Wildman–Crippen MR) is 111 cm³/mol. The molecule has 0 radical (unpaired) electrons. The molecule has 0 spiro atoms. The van der Waals surface area contributed by atoms with Crippen LogP contribution in [-0.2, 0) is 10.0 Å². The Morgan fingerprint density at radius 2 is 1.75 bits per heavy atom. The van der Waals surface area contributed by atoms with Crippen molar-refractivity contribution in [1.29, 1.82) is 0 Å². The van der Waals surface area contributed by atoms with Crippen molar-refractivity contribution in [3.8, 4) is 0 Å². The third kappa shape index (κ3) is 4.84. The molecule has 6 nitrogen and oxygen atoms in total. The smallest absolute Gasteiger partial charge is 0.261 e. The van der Waals surface area contributed by atoms with Gasteiger partial charge in [0.25, 0.3) is 15.9 Å². The van der Waals surface area contributed by atoms with Crippen molar-refractivity contribution in [3.63, 3.8) is 0 Å². The van der Waals surface area contributed by atoms with Crippen molar-refractivity contribution < 1.29 is 13.2 Å². The summed E-state index contributed by atoms with van der Waals surface area (Å²) in [7, 11) is 0.301. The Kier molecular flexibility index (Phi) is 6.27. The summed E-state index contributed by atoms with van der Waals surface area (Å²) in [6.45, 7) is 1.41. The van der Waals surface area contributed by atoms with Crippen LogP contribution in [0.15, 0.2) is 53.4 Å². The minimum absolute atomic E-state index is 0.0684. The van der Waals surface area contributed by atoms with Gasteiger partial charge in [-0.15, -0.1) is 0 Å². The zero-order valence-electron chi connectivity index (χ0n) is 15.9. The van der Waals surface area contributed by atoms with Gasteiger partial charge in [0, 0.05) is 35.4 Å². The van der Waals surface area contributed by atoms with Gasteiger partial charge in [-0.05, 0) is 75.5 Å². The summed E-state index contributed by atoms with van der Waals surface area (Å²) < 4.78 is 27.6. The number of amides is 1. The van der Waals surface area contributed by atoms with Gasteiger partial charge in [0.2, 0.25) is 0 Å². The normalized spacial score (nSPS) is 17.6. The van der Waals surface area contributed by atoms with Crippen LogP contribution in [0.4, 0.5) is 5.69 Å². The lowest BCUT2D eigenvalue weighted by Crippen LogP contribution is -2.47. The molecule has 1 amide bonds. The molecule has 2 aromatic rings. The molecular weight excluding hydrogens is 398 g/mol. The van der Waals surface area contributed by atoms with Crippen LogP contribution in [0.2, 0.25) is 5.02 Å². The molecular formula is C20H24ClN3O3S. The number of carbonyl (C=O) groups excluding carboxylic acids is 1. The van der Waals surface area contributed by atoms with Crippen molar-refractivity contribution in [2.45, 2.75) is 23.8 Å². The maximum Gasteiger partial charge on any atom is 0.261 e. The van der Waals surface area contributed by atoms with Gasteiger partial charge < -0.3 is 9.80 Å². The van der Waals surface area contributed by atoms with Gasteiger partial charge in [0.05, 0.1) is 4.90 Å². The number of piperidine rings is 1. The molecule has 0 bridgehead atoms. The molecule has 3 rings (SSSR count). The molecule has 0 saturated carbocycles. The topological polar surface area (TPSA) is 69.7 Å². The van der Waals surface area contributed by atoms with Crippen LogP contribution in [0.25, 0.3) is 0 Å². The number of halogens is 1. The number of hydrogen-bond acceptors (Lipinski definition) is 4.